The third-order valence-electron chi connectivity index (χ3n) is 1.68. The highest BCUT2D eigenvalue weighted by molar-refractivity contribution is 5.84. The average Bonchev–Trinajstić information content (AvgIpc) is 2.20. The maximum atomic E-state index is 11.1. The maximum absolute atomic E-state index is 11.1. The predicted molar refractivity (Wildman–Crippen MR) is 55.2 cm³/mol. The lowest BCUT2D eigenvalue weighted by Crippen LogP contribution is -2.14. The number of benzene rings is 1. The van der Waals surface area contributed by atoms with Gasteiger partial charge in [0.2, 0.25) is 0 Å². The minimum absolute atomic E-state index is 0.416. The minimum Gasteiger partial charge on any atom is -0.449 e. The lowest BCUT2D eigenvalue weighted by atomic mass is 10.3. The predicted octanol–water partition coefficient (Wildman–Crippen LogP) is 2.84. The Morgan fingerprint density at radius 3 is 3.07 bits per heavy atom. The molecule has 0 heterocycles. The zero-order chi connectivity index (χ0) is 10.2. The van der Waals surface area contributed by atoms with Crippen LogP contribution in [0.3, 0.4) is 0 Å². The Kier molecular flexibility index (Phi) is 4.55. The molecule has 0 aliphatic heterocycles. The van der Waals surface area contributed by atoms with Gasteiger partial charge in [-0.15, -0.1) is 0 Å². The van der Waals surface area contributed by atoms with Crippen LogP contribution in [0.4, 0.5) is 10.5 Å². The van der Waals surface area contributed by atoms with Gasteiger partial charge in [-0.1, -0.05) is 31.5 Å². The number of para-hydroxylation sites is 1. The lowest BCUT2D eigenvalue weighted by molar-refractivity contribution is 0.160. The summed E-state index contributed by atoms with van der Waals surface area (Å²) in [6, 6.07) is 10.1. The Morgan fingerprint density at radius 1 is 1.57 bits per heavy atom. The van der Waals surface area contributed by atoms with Crippen LogP contribution in [0, 0.1) is 6.07 Å². The fourth-order valence-corrected chi connectivity index (χ4v) is 0.926. The molecular formula is C11H14NO2. The number of nitrogens with one attached hydrogen (secondary N) is 1. The molecule has 14 heavy (non-hydrogen) atoms. The molecule has 3 heteroatoms. The highest BCUT2D eigenvalue weighted by Gasteiger charge is 2.00. The molecule has 0 aliphatic rings. The number of unbranched alkanes of at least 4 members (excludes halogenated alkanes) is 1. The molecule has 0 bridgehead atoms. The van der Waals surface area contributed by atoms with Gasteiger partial charge in [0.05, 0.1) is 12.3 Å². The summed E-state index contributed by atoms with van der Waals surface area (Å²) < 4.78 is 4.92. The van der Waals surface area contributed by atoms with E-state index in [1.54, 1.807) is 12.1 Å². The first kappa shape index (κ1) is 10.6. The van der Waals surface area contributed by atoms with Crippen LogP contribution in [0.25, 0.3) is 0 Å². The number of hydrogen-bond donors (Lipinski definition) is 1. The van der Waals surface area contributed by atoms with Crippen molar-refractivity contribution in [2.45, 2.75) is 19.8 Å². The first-order chi connectivity index (χ1) is 6.83. The molecular weight excluding hydrogens is 178 g/mol. The number of ether oxygens (including phenoxy) is 1. The fraction of sp³-hybridized carbons (Fsp3) is 0.364. The third kappa shape index (κ3) is 3.94. The van der Waals surface area contributed by atoms with Gasteiger partial charge >= 0.3 is 6.09 Å². The molecule has 0 saturated carbocycles. The van der Waals surface area contributed by atoms with Gasteiger partial charge in [0.1, 0.15) is 0 Å². The second-order valence-corrected chi connectivity index (χ2v) is 2.89. The Balaban J connectivity index is 2.27. The molecule has 75 valence electrons. The monoisotopic (exact) mass is 192 g/mol. The van der Waals surface area contributed by atoms with Crippen LogP contribution in [-0.4, -0.2) is 12.7 Å². The summed E-state index contributed by atoms with van der Waals surface area (Å²) in [5.74, 6) is 0. The van der Waals surface area contributed by atoms with E-state index in [9.17, 15) is 4.79 Å². The highest BCUT2D eigenvalue weighted by atomic mass is 16.5. The first-order valence-electron chi connectivity index (χ1n) is 4.73. The Bertz CT molecular complexity index is 272. The molecule has 0 saturated heterocycles. The van der Waals surface area contributed by atoms with Gasteiger partial charge in [-0.2, -0.15) is 0 Å². The summed E-state index contributed by atoms with van der Waals surface area (Å²) in [7, 11) is 0. The summed E-state index contributed by atoms with van der Waals surface area (Å²) in [6.45, 7) is 2.52. The second kappa shape index (κ2) is 6.02. The number of anilines is 1. The molecule has 0 unspecified atom stereocenters. The number of hydrogen-bond acceptors (Lipinski definition) is 2. The summed E-state index contributed by atoms with van der Waals surface area (Å²) in [5.41, 5.74) is 0.633. The molecule has 1 rings (SSSR count). The molecule has 1 aromatic carbocycles. The Hall–Kier alpha value is -1.51. The van der Waals surface area contributed by atoms with E-state index >= 15 is 0 Å². The zero-order valence-electron chi connectivity index (χ0n) is 8.25. The van der Waals surface area contributed by atoms with E-state index in [2.05, 4.69) is 11.4 Å². The average molecular weight is 192 g/mol. The highest BCUT2D eigenvalue weighted by Crippen LogP contribution is 2.04. The van der Waals surface area contributed by atoms with Crippen molar-refractivity contribution < 1.29 is 9.53 Å². The van der Waals surface area contributed by atoms with Crippen molar-refractivity contribution in [3.8, 4) is 0 Å². The summed E-state index contributed by atoms with van der Waals surface area (Å²) in [4.78, 5) is 11.1. The molecule has 0 atom stereocenters. The Morgan fingerprint density at radius 2 is 2.43 bits per heavy atom. The Labute approximate surface area is 84.1 Å². The molecule has 1 amide bonds. The SMILES string of the molecule is CCCCOC(=O)Nc1[c]cccc1. The van der Waals surface area contributed by atoms with Gasteiger partial charge < -0.3 is 4.74 Å². The number of rotatable bonds is 4. The van der Waals surface area contributed by atoms with Gasteiger partial charge in [0, 0.05) is 6.07 Å². The van der Waals surface area contributed by atoms with Crippen LogP contribution in [0.2, 0.25) is 0 Å². The topological polar surface area (TPSA) is 38.3 Å². The molecule has 1 N–H and O–H groups in total. The number of carbonyl (C=O) groups excluding carboxylic acids is 1. The quantitative estimate of drug-likeness (QED) is 0.745. The van der Waals surface area contributed by atoms with E-state index in [-0.39, 0.29) is 0 Å². The lowest BCUT2D eigenvalue weighted by Gasteiger charge is -2.05. The van der Waals surface area contributed by atoms with Crippen molar-refractivity contribution in [2.24, 2.45) is 0 Å². The van der Waals surface area contributed by atoms with E-state index in [4.69, 9.17) is 4.74 Å². The smallest absolute Gasteiger partial charge is 0.411 e. The third-order valence-corrected chi connectivity index (χ3v) is 1.68. The zero-order valence-corrected chi connectivity index (χ0v) is 8.25. The molecule has 1 aromatic rings. The van der Waals surface area contributed by atoms with Crippen molar-refractivity contribution in [1.29, 1.82) is 0 Å². The number of carbonyl (C=O) groups is 1. The fourth-order valence-electron chi connectivity index (χ4n) is 0.926. The van der Waals surface area contributed by atoms with E-state index < -0.39 is 6.09 Å². The normalized spacial score (nSPS) is 9.50. The van der Waals surface area contributed by atoms with Crippen molar-refractivity contribution in [1.82, 2.24) is 0 Å². The van der Waals surface area contributed by atoms with Crippen LogP contribution in [0.1, 0.15) is 19.8 Å². The molecule has 0 aliphatic carbocycles. The molecule has 0 spiro atoms. The van der Waals surface area contributed by atoms with Crippen molar-refractivity contribution in [3.63, 3.8) is 0 Å². The molecule has 0 aromatic heterocycles. The van der Waals surface area contributed by atoms with Gasteiger partial charge in [-0.25, -0.2) is 4.79 Å². The summed E-state index contributed by atoms with van der Waals surface area (Å²) in [5, 5.41) is 2.58. The maximum Gasteiger partial charge on any atom is 0.411 e. The van der Waals surface area contributed by atoms with Crippen molar-refractivity contribution >= 4 is 11.8 Å². The number of amides is 1. The van der Waals surface area contributed by atoms with Crippen molar-refractivity contribution in [3.05, 3.63) is 30.3 Å². The van der Waals surface area contributed by atoms with Crippen molar-refractivity contribution in [2.75, 3.05) is 11.9 Å². The second-order valence-electron chi connectivity index (χ2n) is 2.89. The van der Waals surface area contributed by atoms with E-state index in [0.29, 0.717) is 12.3 Å². The molecule has 3 nitrogen and oxygen atoms in total. The summed E-state index contributed by atoms with van der Waals surface area (Å²) in [6.07, 6.45) is 1.50. The van der Waals surface area contributed by atoms with E-state index in [1.165, 1.54) is 0 Å². The van der Waals surface area contributed by atoms with Gasteiger partial charge in [-0.3, -0.25) is 5.32 Å². The largest absolute Gasteiger partial charge is 0.449 e. The molecule has 1 radical (unpaired) electrons. The van der Waals surface area contributed by atoms with Gasteiger partial charge in [0.25, 0.3) is 0 Å². The summed E-state index contributed by atoms with van der Waals surface area (Å²) >= 11 is 0. The van der Waals surface area contributed by atoms with E-state index in [0.717, 1.165) is 12.8 Å². The molecule has 0 fully saturated rings. The first-order valence-corrected chi connectivity index (χ1v) is 4.73. The van der Waals surface area contributed by atoms with Crippen LogP contribution >= 0.6 is 0 Å². The van der Waals surface area contributed by atoms with E-state index in [1.807, 2.05) is 19.1 Å². The standard InChI is InChI=1S/C11H14NO2/c1-2-3-9-14-11(13)12-10-7-5-4-6-8-10/h4-7H,2-3,9H2,1H3,(H,12,13). The van der Waals surface area contributed by atoms with Gasteiger partial charge in [-0.05, 0) is 12.5 Å². The van der Waals surface area contributed by atoms with Crippen LogP contribution in [-0.2, 0) is 4.74 Å². The van der Waals surface area contributed by atoms with Crippen LogP contribution in [0.5, 0.6) is 0 Å². The van der Waals surface area contributed by atoms with Crippen LogP contribution in [0.15, 0.2) is 24.3 Å². The van der Waals surface area contributed by atoms with Crippen LogP contribution < -0.4 is 5.32 Å². The minimum atomic E-state index is -0.416. The van der Waals surface area contributed by atoms with Gasteiger partial charge in [0.15, 0.2) is 0 Å².